The van der Waals surface area contributed by atoms with Gasteiger partial charge in [-0.05, 0) is 45.9 Å². The van der Waals surface area contributed by atoms with E-state index in [1.165, 1.54) is 6.07 Å². The average molecular weight is 312 g/mol. The van der Waals surface area contributed by atoms with Crippen molar-refractivity contribution in [3.8, 4) is 0 Å². The van der Waals surface area contributed by atoms with E-state index in [1.54, 1.807) is 6.07 Å². The first-order valence-electron chi connectivity index (χ1n) is 6.96. The van der Waals surface area contributed by atoms with Crippen molar-refractivity contribution in [1.82, 2.24) is 0 Å². The molecule has 1 aliphatic heterocycles. The molecule has 1 aromatic heterocycles. The molecule has 118 valence electrons. The van der Waals surface area contributed by atoms with Crippen LogP contribution in [0.4, 0.5) is 13.2 Å². The fourth-order valence-corrected chi connectivity index (χ4v) is 2.30. The van der Waals surface area contributed by atoms with Gasteiger partial charge < -0.3 is 13.7 Å². The summed E-state index contributed by atoms with van der Waals surface area (Å²) in [4.78, 5) is 0. The Bertz CT molecular complexity index is 702. The maximum Gasteiger partial charge on any atom is 0.532 e. The van der Waals surface area contributed by atoms with E-state index < -0.39 is 30.1 Å². The van der Waals surface area contributed by atoms with Crippen molar-refractivity contribution in [2.75, 3.05) is 0 Å². The van der Waals surface area contributed by atoms with Crippen LogP contribution in [0.3, 0.4) is 0 Å². The quantitative estimate of drug-likeness (QED) is 0.752. The van der Waals surface area contributed by atoms with Crippen LogP contribution in [0.1, 0.15) is 33.3 Å². The molecular formula is C15H16BF3O3. The van der Waals surface area contributed by atoms with E-state index >= 15 is 0 Å². The number of halogens is 3. The Morgan fingerprint density at radius 1 is 0.955 bits per heavy atom. The predicted octanol–water partition coefficient (Wildman–Crippen LogP) is 3.75. The molecule has 22 heavy (non-hydrogen) atoms. The smallest absolute Gasteiger partial charge is 0.465 e. The van der Waals surface area contributed by atoms with E-state index in [0.29, 0.717) is 11.0 Å². The lowest BCUT2D eigenvalue weighted by Crippen LogP contribution is -2.41. The molecule has 1 saturated heterocycles. The third kappa shape index (κ3) is 2.42. The van der Waals surface area contributed by atoms with E-state index in [2.05, 4.69) is 0 Å². The molecule has 3 rings (SSSR count). The highest BCUT2D eigenvalue weighted by Crippen LogP contribution is 2.37. The molecule has 0 aliphatic carbocycles. The monoisotopic (exact) mass is 312 g/mol. The number of fused-ring (bicyclic) bond motifs is 1. The van der Waals surface area contributed by atoms with Gasteiger partial charge in [-0.3, -0.25) is 0 Å². The minimum Gasteiger partial charge on any atom is -0.465 e. The molecule has 0 radical (unpaired) electrons. The first kappa shape index (κ1) is 15.4. The van der Waals surface area contributed by atoms with Crippen LogP contribution in [0.25, 0.3) is 11.0 Å². The summed E-state index contributed by atoms with van der Waals surface area (Å²) in [6.45, 7) is 7.60. The number of hydrogen-bond acceptors (Lipinski definition) is 3. The Balaban J connectivity index is 1.97. The largest absolute Gasteiger partial charge is 0.532 e. The second kappa shape index (κ2) is 4.52. The molecular weight excluding hydrogens is 296 g/mol. The van der Waals surface area contributed by atoms with Crippen molar-refractivity contribution in [2.45, 2.75) is 45.1 Å². The van der Waals surface area contributed by atoms with Gasteiger partial charge in [-0.15, -0.1) is 0 Å². The predicted molar refractivity (Wildman–Crippen MR) is 76.9 cm³/mol. The van der Waals surface area contributed by atoms with Gasteiger partial charge in [0.15, 0.2) is 0 Å². The van der Waals surface area contributed by atoms with Crippen molar-refractivity contribution in [1.29, 1.82) is 0 Å². The normalized spacial score (nSPS) is 20.8. The third-order valence-electron chi connectivity index (χ3n) is 4.35. The lowest BCUT2D eigenvalue weighted by Gasteiger charge is -2.32. The zero-order valence-corrected chi connectivity index (χ0v) is 12.7. The topological polar surface area (TPSA) is 31.6 Å². The van der Waals surface area contributed by atoms with Crippen LogP contribution in [0.15, 0.2) is 28.7 Å². The molecule has 0 amide bonds. The Kier molecular flexibility index (Phi) is 3.17. The minimum atomic E-state index is -4.40. The molecule has 2 aromatic rings. The van der Waals surface area contributed by atoms with Crippen LogP contribution in [-0.4, -0.2) is 18.3 Å². The number of furan rings is 1. The molecule has 1 fully saturated rings. The SMILES string of the molecule is CC1(C)OB(c2cc3ccc(C(F)(F)F)cc3o2)OC1(C)C. The van der Waals surface area contributed by atoms with Gasteiger partial charge in [-0.1, -0.05) is 6.07 Å². The molecule has 0 spiro atoms. The van der Waals surface area contributed by atoms with Gasteiger partial charge in [-0.25, -0.2) is 0 Å². The number of alkyl halides is 3. The van der Waals surface area contributed by atoms with Crippen LogP contribution in [0, 0.1) is 0 Å². The van der Waals surface area contributed by atoms with Crippen LogP contribution in [0.5, 0.6) is 0 Å². The minimum absolute atomic E-state index is 0.166. The summed E-state index contributed by atoms with van der Waals surface area (Å²) in [6.07, 6.45) is -4.40. The second-order valence-electron chi connectivity index (χ2n) is 6.49. The fraction of sp³-hybridized carbons (Fsp3) is 0.467. The standard InChI is InChI=1S/C15H16BF3O3/c1-13(2)14(3,4)22-16(21-13)12-7-9-5-6-10(15(17,18)19)8-11(9)20-12/h5-8H,1-4H3. The van der Waals surface area contributed by atoms with Crippen molar-refractivity contribution in [3.63, 3.8) is 0 Å². The lowest BCUT2D eigenvalue weighted by molar-refractivity contribution is -0.137. The zero-order valence-electron chi connectivity index (χ0n) is 12.7. The molecule has 0 saturated carbocycles. The Labute approximate surface area is 126 Å². The van der Waals surface area contributed by atoms with E-state index in [0.717, 1.165) is 12.1 Å². The molecule has 1 aromatic carbocycles. The molecule has 3 nitrogen and oxygen atoms in total. The van der Waals surface area contributed by atoms with Crippen molar-refractivity contribution in [2.24, 2.45) is 0 Å². The highest BCUT2D eigenvalue weighted by Gasteiger charge is 2.53. The first-order valence-corrected chi connectivity index (χ1v) is 6.96. The van der Waals surface area contributed by atoms with E-state index in [-0.39, 0.29) is 5.58 Å². The van der Waals surface area contributed by atoms with E-state index in [4.69, 9.17) is 13.7 Å². The van der Waals surface area contributed by atoms with Gasteiger partial charge >= 0.3 is 13.3 Å². The van der Waals surface area contributed by atoms with Gasteiger partial charge in [0.1, 0.15) is 11.2 Å². The number of hydrogen-bond donors (Lipinski definition) is 0. The fourth-order valence-electron chi connectivity index (χ4n) is 2.30. The van der Waals surface area contributed by atoms with Crippen molar-refractivity contribution < 1.29 is 26.9 Å². The maximum absolute atomic E-state index is 12.7. The molecule has 0 N–H and O–H groups in total. The van der Waals surface area contributed by atoms with Gasteiger partial charge in [0.05, 0.1) is 16.8 Å². The highest BCUT2D eigenvalue weighted by molar-refractivity contribution is 6.61. The number of benzene rings is 1. The molecule has 2 heterocycles. The highest BCUT2D eigenvalue weighted by atomic mass is 19.4. The Morgan fingerprint density at radius 2 is 1.55 bits per heavy atom. The lowest BCUT2D eigenvalue weighted by atomic mass is 9.86. The third-order valence-corrected chi connectivity index (χ3v) is 4.35. The molecule has 0 bridgehead atoms. The summed E-state index contributed by atoms with van der Waals surface area (Å²) >= 11 is 0. The van der Waals surface area contributed by atoms with Crippen molar-refractivity contribution >= 4 is 23.7 Å². The Morgan fingerprint density at radius 3 is 2.09 bits per heavy atom. The average Bonchev–Trinajstić information content (AvgIpc) is 2.86. The second-order valence-corrected chi connectivity index (χ2v) is 6.49. The van der Waals surface area contributed by atoms with Crippen LogP contribution in [-0.2, 0) is 15.5 Å². The van der Waals surface area contributed by atoms with Gasteiger partial charge in [0.25, 0.3) is 0 Å². The summed E-state index contributed by atoms with van der Waals surface area (Å²) in [5.74, 6) is 0. The molecule has 0 unspecified atom stereocenters. The molecule has 7 heteroatoms. The van der Waals surface area contributed by atoms with Crippen LogP contribution in [0.2, 0.25) is 0 Å². The molecule has 0 atom stereocenters. The summed E-state index contributed by atoms with van der Waals surface area (Å²) in [6, 6.07) is 5.06. The van der Waals surface area contributed by atoms with Gasteiger partial charge in [-0.2, -0.15) is 13.2 Å². The van der Waals surface area contributed by atoms with Gasteiger partial charge in [0, 0.05) is 5.39 Å². The van der Waals surface area contributed by atoms with Crippen LogP contribution >= 0.6 is 0 Å². The zero-order chi connectivity index (χ0) is 16.3. The van der Waals surface area contributed by atoms with E-state index in [9.17, 15) is 13.2 Å². The maximum atomic E-state index is 12.7. The number of rotatable bonds is 1. The molecule has 1 aliphatic rings. The summed E-state index contributed by atoms with van der Waals surface area (Å²) in [7, 11) is -0.730. The summed E-state index contributed by atoms with van der Waals surface area (Å²) in [5, 5.41) is 0.581. The summed E-state index contributed by atoms with van der Waals surface area (Å²) in [5.41, 5.74) is -1.27. The van der Waals surface area contributed by atoms with Crippen LogP contribution < -0.4 is 5.66 Å². The van der Waals surface area contributed by atoms with Gasteiger partial charge in [0.2, 0.25) is 0 Å². The Hall–Kier alpha value is -1.47. The van der Waals surface area contributed by atoms with E-state index in [1.807, 2.05) is 27.7 Å². The summed E-state index contributed by atoms with van der Waals surface area (Å²) < 4.78 is 55.4. The first-order chi connectivity index (χ1) is 9.99. The van der Waals surface area contributed by atoms with Crippen molar-refractivity contribution in [3.05, 3.63) is 29.8 Å².